The molecular formula is C10H20O4. The van der Waals surface area contributed by atoms with Gasteiger partial charge in [-0.2, -0.15) is 0 Å². The predicted molar refractivity (Wildman–Crippen MR) is 56.3 cm³/mol. The number of carboxylic acid groups (broad SMARTS) is 2. The van der Waals surface area contributed by atoms with E-state index in [0.29, 0.717) is 12.8 Å². The van der Waals surface area contributed by atoms with E-state index in [1.165, 1.54) is 0 Å². The molecule has 0 atom stereocenters. The molecule has 0 aromatic rings. The maximum Gasteiger partial charge on any atom is 0.303 e. The minimum Gasteiger partial charge on any atom is -0.481 e. The fourth-order valence-electron chi connectivity index (χ4n) is 0.428. The highest BCUT2D eigenvalue weighted by atomic mass is 16.4. The molecule has 84 valence electrons. The quantitative estimate of drug-likeness (QED) is 0.690. The monoisotopic (exact) mass is 204 g/mol. The van der Waals surface area contributed by atoms with E-state index in [-0.39, 0.29) is 0 Å². The molecule has 0 heterocycles. The summed E-state index contributed by atoms with van der Waals surface area (Å²) in [6, 6.07) is 0. The zero-order chi connectivity index (χ0) is 12.0. The summed E-state index contributed by atoms with van der Waals surface area (Å²) in [5, 5.41) is 15.8. The Balaban J connectivity index is -0.000000147. The number of aliphatic carboxylic acids is 2. The fraction of sp³-hybridized carbons (Fsp3) is 0.600. The van der Waals surface area contributed by atoms with E-state index in [2.05, 4.69) is 13.2 Å². The summed E-state index contributed by atoms with van der Waals surface area (Å²) in [5.74, 6) is -1.42. The molecule has 0 saturated heterocycles. The molecule has 0 spiro atoms. The highest BCUT2D eigenvalue weighted by molar-refractivity contribution is 5.66. The lowest BCUT2D eigenvalue weighted by atomic mass is 10.4. The highest BCUT2D eigenvalue weighted by Gasteiger charge is 1.88. The molecule has 0 radical (unpaired) electrons. The number of carbonyl (C=O) groups is 2. The summed E-state index contributed by atoms with van der Waals surface area (Å²) in [6.45, 7) is 9.68. The molecule has 14 heavy (non-hydrogen) atoms. The lowest BCUT2D eigenvalue weighted by Gasteiger charge is -1.79. The van der Waals surface area contributed by atoms with Gasteiger partial charge in [-0.3, -0.25) is 9.59 Å². The molecule has 0 aliphatic carbocycles. The van der Waals surface area contributed by atoms with Crippen molar-refractivity contribution < 1.29 is 19.8 Å². The lowest BCUT2D eigenvalue weighted by molar-refractivity contribution is -0.138. The van der Waals surface area contributed by atoms with Gasteiger partial charge in [0, 0.05) is 12.8 Å². The number of hydrogen-bond acceptors (Lipinski definition) is 2. The molecular weight excluding hydrogens is 184 g/mol. The molecule has 0 aliphatic rings. The maximum absolute atomic E-state index is 9.60. The summed E-state index contributed by atoms with van der Waals surface area (Å²) in [5.41, 5.74) is 0. The number of hydrogen-bond donors (Lipinski definition) is 2. The Kier molecular flexibility index (Phi) is 23.3. The average molecular weight is 204 g/mol. The first-order chi connectivity index (χ1) is 6.54. The van der Waals surface area contributed by atoms with E-state index < -0.39 is 11.9 Å². The molecule has 0 fully saturated rings. The zero-order valence-electron chi connectivity index (χ0n) is 8.95. The molecule has 0 bridgehead atoms. The lowest BCUT2D eigenvalue weighted by Crippen LogP contribution is -1.90. The minimum atomic E-state index is -0.711. The van der Waals surface area contributed by atoms with Gasteiger partial charge in [0.2, 0.25) is 0 Å². The van der Waals surface area contributed by atoms with Crippen LogP contribution < -0.4 is 0 Å². The Bertz CT molecular complexity index is 127. The minimum absolute atomic E-state index is 0.292. The van der Waals surface area contributed by atoms with Gasteiger partial charge >= 0.3 is 11.9 Å². The van der Waals surface area contributed by atoms with E-state index >= 15 is 0 Å². The largest absolute Gasteiger partial charge is 0.481 e. The molecule has 0 aliphatic heterocycles. The Hall–Kier alpha value is -1.32. The number of carboxylic acids is 2. The van der Waals surface area contributed by atoms with Crippen LogP contribution in [-0.2, 0) is 9.59 Å². The van der Waals surface area contributed by atoms with Crippen LogP contribution in [0.1, 0.15) is 39.5 Å². The third-order valence-corrected chi connectivity index (χ3v) is 0.928. The van der Waals surface area contributed by atoms with Gasteiger partial charge in [0.05, 0.1) is 0 Å². The second-order valence-corrected chi connectivity index (χ2v) is 2.29. The van der Waals surface area contributed by atoms with Crippen LogP contribution in [0.3, 0.4) is 0 Å². The van der Waals surface area contributed by atoms with Crippen LogP contribution in [0.4, 0.5) is 0 Å². The molecule has 0 aromatic heterocycles. The third-order valence-electron chi connectivity index (χ3n) is 0.928. The van der Waals surface area contributed by atoms with E-state index in [4.69, 9.17) is 10.2 Å². The third kappa shape index (κ3) is 45.7. The van der Waals surface area contributed by atoms with Crippen molar-refractivity contribution in [1.82, 2.24) is 0 Å². The van der Waals surface area contributed by atoms with Crippen molar-refractivity contribution in [3.63, 3.8) is 0 Å². The average Bonchev–Trinajstić information content (AvgIpc) is 2.08. The standard InChI is InChI=1S/2C4H8O2.C2H4/c2*1-2-3-4(5)6;1-2/h2*2-3H2,1H3,(H,5,6);1-2H2. The van der Waals surface area contributed by atoms with Crippen molar-refractivity contribution in [2.24, 2.45) is 0 Å². The first kappa shape index (κ1) is 18.5. The first-order valence-corrected chi connectivity index (χ1v) is 4.48. The predicted octanol–water partition coefficient (Wildman–Crippen LogP) is 2.54. The van der Waals surface area contributed by atoms with Gasteiger partial charge < -0.3 is 10.2 Å². The second-order valence-electron chi connectivity index (χ2n) is 2.29. The Morgan fingerprint density at radius 1 is 0.929 bits per heavy atom. The molecule has 2 N–H and O–H groups in total. The maximum atomic E-state index is 9.60. The summed E-state index contributed by atoms with van der Waals surface area (Å²) >= 11 is 0. The van der Waals surface area contributed by atoms with Crippen molar-refractivity contribution in [2.75, 3.05) is 0 Å². The van der Waals surface area contributed by atoms with Crippen LogP contribution in [0.25, 0.3) is 0 Å². The van der Waals surface area contributed by atoms with Gasteiger partial charge in [-0.1, -0.05) is 13.8 Å². The Labute approximate surface area is 85.3 Å². The Morgan fingerprint density at radius 3 is 1.14 bits per heavy atom. The van der Waals surface area contributed by atoms with Gasteiger partial charge in [-0.25, -0.2) is 0 Å². The number of rotatable bonds is 4. The van der Waals surface area contributed by atoms with Gasteiger partial charge in [-0.15, -0.1) is 13.2 Å². The normalized spacial score (nSPS) is 7.29. The fourth-order valence-corrected chi connectivity index (χ4v) is 0.428. The SMILES string of the molecule is C=C.CCCC(=O)O.CCCC(=O)O. The van der Waals surface area contributed by atoms with Gasteiger partial charge in [-0.05, 0) is 12.8 Å². The molecule has 0 aromatic carbocycles. The summed E-state index contributed by atoms with van der Waals surface area (Å²) in [7, 11) is 0. The van der Waals surface area contributed by atoms with Crippen molar-refractivity contribution in [3.8, 4) is 0 Å². The van der Waals surface area contributed by atoms with Crippen molar-refractivity contribution >= 4 is 11.9 Å². The van der Waals surface area contributed by atoms with Gasteiger partial charge in [0.25, 0.3) is 0 Å². The molecule has 0 rings (SSSR count). The summed E-state index contributed by atoms with van der Waals surface area (Å²) in [4.78, 5) is 19.2. The topological polar surface area (TPSA) is 74.6 Å². The first-order valence-electron chi connectivity index (χ1n) is 4.48. The van der Waals surface area contributed by atoms with E-state index in [0.717, 1.165) is 12.8 Å². The smallest absolute Gasteiger partial charge is 0.303 e. The molecule has 4 heteroatoms. The highest BCUT2D eigenvalue weighted by Crippen LogP contribution is 1.82. The zero-order valence-corrected chi connectivity index (χ0v) is 8.95. The van der Waals surface area contributed by atoms with Crippen LogP contribution in [0.15, 0.2) is 13.2 Å². The molecule has 0 saturated carbocycles. The molecule has 0 amide bonds. The van der Waals surface area contributed by atoms with Crippen molar-refractivity contribution in [1.29, 1.82) is 0 Å². The van der Waals surface area contributed by atoms with Crippen molar-refractivity contribution in [3.05, 3.63) is 13.2 Å². The Morgan fingerprint density at radius 2 is 1.14 bits per heavy atom. The molecule has 0 unspecified atom stereocenters. The van der Waals surface area contributed by atoms with E-state index in [1.807, 2.05) is 13.8 Å². The van der Waals surface area contributed by atoms with Crippen LogP contribution in [-0.4, -0.2) is 22.2 Å². The van der Waals surface area contributed by atoms with Crippen LogP contribution in [0.5, 0.6) is 0 Å². The van der Waals surface area contributed by atoms with Gasteiger partial charge in [0.15, 0.2) is 0 Å². The van der Waals surface area contributed by atoms with Crippen LogP contribution in [0.2, 0.25) is 0 Å². The summed E-state index contributed by atoms with van der Waals surface area (Å²) < 4.78 is 0. The van der Waals surface area contributed by atoms with Crippen LogP contribution >= 0.6 is 0 Å². The van der Waals surface area contributed by atoms with Gasteiger partial charge in [0.1, 0.15) is 0 Å². The summed E-state index contributed by atoms with van der Waals surface area (Å²) in [6.07, 6.45) is 2.05. The van der Waals surface area contributed by atoms with E-state index in [1.54, 1.807) is 0 Å². The van der Waals surface area contributed by atoms with E-state index in [9.17, 15) is 9.59 Å². The van der Waals surface area contributed by atoms with Crippen molar-refractivity contribution in [2.45, 2.75) is 39.5 Å². The second kappa shape index (κ2) is 17.7. The molecule has 4 nitrogen and oxygen atoms in total. The van der Waals surface area contributed by atoms with Crippen LogP contribution in [0, 0.1) is 0 Å².